The zero-order valence-corrected chi connectivity index (χ0v) is 14.4. The molecule has 2 aromatic rings. The van der Waals surface area contributed by atoms with Gasteiger partial charge in [0.2, 0.25) is 0 Å². The second kappa shape index (κ2) is 5.93. The molecule has 0 bridgehead atoms. The summed E-state index contributed by atoms with van der Waals surface area (Å²) in [5, 5.41) is 13.4. The molecule has 1 saturated heterocycles. The monoisotopic (exact) mass is 337 g/mol. The standard InChI is InChI=1S/C19H23N5O/c25-19-8-7-17(14-5-6-14)22-24(19)12-13-10-23(11-13)18-9-15-3-1-2-4-16(15)20-21-18/h7-9,13-14H,1-6,10-12H2. The summed E-state index contributed by atoms with van der Waals surface area (Å²) < 4.78 is 1.66. The van der Waals surface area contributed by atoms with E-state index >= 15 is 0 Å². The number of rotatable bonds is 4. The maximum Gasteiger partial charge on any atom is 0.266 e. The van der Waals surface area contributed by atoms with E-state index in [2.05, 4.69) is 26.3 Å². The molecule has 0 aromatic carbocycles. The molecule has 2 fully saturated rings. The van der Waals surface area contributed by atoms with E-state index in [1.165, 1.54) is 36.9 Å². The molecule has 3 heterocycles. The summed E-state index contributed by atoms with van der Waals surface area (Å²) in [5.41, 5.74) is 3.64. The molecule has 2 aliphatic carbocycles. The number of fused-ring (bicyclic) bond motifs is 1. The summed E-state index contributed by atoms with van der Waals surface area (Å²) in [6, 6.07) is 5.79. The molecular formula is C19H23N5O. The second-order valence-corrected chi connectivity index (χ2v) is 7.71. The van der Waals surface area contributed by atoms with Crippen molar-refractivity contribution in [1.82, 2.24) is 20.0 Å². The van der Waals surface area contributed by atoms with Gasteiger partial charge in [-0.05, 0) is 56.2 Å². The Morgan fingerprint density at radius 1 is 1.08 bits per heavy atom. The van der Waals surface area contributed by atoms with Crippen molar-refractivity contribution in [2.75, 3.05) is 18.0 Å². The third-order valence-electron chi connectivity index (χ3n) is 5.65. The lowest BCUT2D eigenvalue weighted by atomic mass is 9.95. The molecular weight excluding hydrogens is 314 g/mol. The summed E-state index contributed by atoms with van der Waals surface area (Å²) in [5.74, 6) is 2.02. The minimum atomic E-state index is 0.0106. The van der Waals surface area contributed by atoms with Gasteiger partial charge in [0.15, 0.2) is 5.82 Å². The maximum atomic E-state index is 12.1. The smallest absolute Gasteiger partial charge is 0.266 e. The van der Waals surface area contributed by atoms with E-state index in [-0.39, 0.29) is 5.56 Å². The molecule has 130 valence electrons. The Bertz CT molecular complexity index is 851. The lowest BCUT2D eigenvalue weighted by molar-refractivity contribution is 0.330. The van der Waals surface area contributed by atoms with Crippen LogP contribution in [-0.4, -0.2) is 33.1 Å². The lowest BCUT2D eigenvalue weighted by Gasteiger charge is -2.40. The highest BCUT2D eigenvalue weighted by Crippen LogP contribution is 2.38. The van der Waals surface area contributed by atoms with E-state index in [0.29, 0.717) is 18.4 Å². The number of anilines is 1. The number of hydrogen-bond acceptors (Lipinski definition) is 5. The van der Waals surface area contributed by atoms with Crippen molar-refractivity contribution in [3.63, 3.8) is 0 Å². The van der Waals surface area contributed by atoms with Gasteiger partial charge in [-0.15, -0.1) is 5.10 Å². The highest BCUT2D eigenvalue weighted by Gasteiger charge is 2.30. The topological polar surface area (TPSA) is 63.9 Å². The first-order valence-corrected chi connectivity index (χ1v) is 9.45. The first-order chi connectivity index (χ1) is 12.3. The third-order valence-corrected chi connectivity index (χ3v) is 5.65. The van der Waals surface area contributed by atoms with Crippen LogP contribution in [-0.2, 0) is 19.4 Å². The number of hydrogen-bond donors (Lipinski definition) is 0. The zero-order valence-electron chi connectivity index (χ0n) is 14.4. The normalized spacial score (nSPS) is 20.2. The number of nitrogens with zero attached hydrogens (tertiary/aromatic N) is 5. The van der Waals surface area contributed by atoms with Gasteiger partial charge >= 0.3 is 0 Å². The maximum absolute atomic E-state index is 12.1. The zero-order chi connectivity index (χ0) is 16.8. The van der Waals surface area contributed by atoms with Crippen LogP contribution in [0.2, 0.25) is 0 Å². The first kappa shape index (κ1) is 15.0. The van der Waals surface area contributed by atoms with E-state index in [1.807, 2.05) is 6.07 Å². The molecule has 0 radical (unpaired) electrons. The Hall–Kier alpha value is -2.24. The minimum Gasteiger partial charge on any atom is -0.354 e. The van der Waals surface area contributed by atoms with E-state index in [0.717, 1.165) is 37.4 Å². The van der Waals surface area contributed by atoms with Gasteiger partial charge in [0.25, 0.3) is 5.56 Å². The molecule has 6 heteroatoms. The second-order valence-electron chi connectivity index (χ2n) is 7.71. The van der Waals surface area contributed by atoms with Gasteiger partial charge in [-0.2, -0.15) is 10.2 Å². The first-order valence-electron chi connectivity index (χ1n) is 9.45. The van der Waals surface area contributed by atoms with Crippen LogP contribution in [0.25, 0.3) is 0 Å². The van der Waals surface area contributed by atoms with E-state index in [1.54, 1.807) is 10.7 Å². The molecule has 0 unspecified atom stereocenters. The summed E-state index contributed by atoms with van der Waals surface area (Å²) >= 11 is 0. The fraction of sp³-hybridized carbons (Fsp3) is 0.579. The minimum absolute atomic E-state index is 0.0106. The van der Waals surface area contributed by atoms with Gasteiger partial charge in [-0.3, -0.25) is 4.79 Å². The van der Waals surface area contributed by atoms with Crippen LogP contribution in [0.5, 0.6) is 0 Å². The average Bonchev–Trinajstić information content (AvgIpc) is 3.44. The van der Waals surface area contributed by atoms with Crippen molar-refractivity contribution in [1.29, 1.82) is 0 Å². The molecule has 1 aliphatic heterocycles. The quantitative estimate of drug-likeness (QED) is 0.853. The predicted octanol–water partition coefficient (Wildman–Crippen LogP) is 1.93. The van der Waals surface area contributed by atoms with Crippen molar-refractivity contribution in [2.45, 2.75) is 51.0 Å². The molecule has 25 heavy (non-hydrogen) atoms. The van der Waals surface area contributed by atoms with Crippen molar-refractivity contribution in [3.8, 4) is 0 Å². The summed E-state index contributed by atoms with van der Waals surface area (Å²) in [6.45, 7) is 2.55. The van der Waals surface area contributed by atoms with E-state index < -0.39 is 0 Å². The molecule has 6 nitrogen and oxygen atoms in total. The lowest BCUT2D eigenvalue weighted by Crippen LogP contribution is -2.50. The van der Waals surface area contributed by atoms with Crippen LogP contribution >= 0.6 is 0 Å². The van der Waals surface area contributed by atoms with Gasteiger partial charge in [0.05, 0.1) is 17.9 Å². The predicted molar refractivity (Wildman–Crippen MR) is 94.8 cm³/mol. The van der Waals surface area contributed by atoms with E-state index in [9.17, 15) is 4.79 Å². The van der Waals surface area contributed by atoms with E-state index in [4.69, 9.17) is 0 Å². The summed E-state index contributed by atoms with van der Waals surface area (Å²) in [4.78, 5) is 14.3. The Morgan fingerprint density at radius 2 is 1.92 bits per heavy atom. The van der Waals surface area contributed by atoms with Crippen molar-refractivity contribution in [3.05, 3.63) is 45.5 Å². The number of aryl methyl sites for hydroxylation is 2. The molecule has 0 amide bonds. The van der Waals surface area contributed by atoms with Crippen molar-refractivity contribution < 1.29 is 0 Å². The Labute approximate surface area is 146 Å². The number of aromatic nitrogens is 4. The molecule has 5 rings (SSSR count). The van der Waals surface area contributed by atoms with Gasteiger partial charge in [-0.25, -0.2) is 4.68 Å². The Kier molecular flexibility index (Phi) is 3.57. The van der Waals surface area contributed by atoms with Gasteiger partial charge < -0.3 is 4.90 Å². The average molecular weight is 337 g/mol. The van der Waals surface area contributed by atoms with Crippen LogP contribution in [0.3, 0.4) is 0 Å². The third kappa shape index (κ3) is 2.94. The van der Waals surface area contributed by atoms with Crippen LogP contribution in [0.4, 0.5) is 5.82 Å². The molecule has 0 atom stereocenters. The van der Waals surface area contributed by atoms with Gasteiger partial charge in [0.1, 0.15) is 0 Å². The van der Waals surface area contributed by atoms with Crippen LogP contribution < -0.4 is 10.5 Å². The molecule has 1 saturated carbocycles. The fourth-order valence-corrected chi connectivity index (χ4v) is 3.94. The highest BCUT2D eigenvalue weighted by atomic mass is 16.1. The van der Waals surface area contributed by atoms with Crippen molar-refractivity contribution in [2.24, 2.45) is 5.92 Å². The molecule has 0 N–H and O–H groups in total. The summed E-state index contributed by atoms with van der Waals surface area (Å²) in [7, 11) is 0. The van der Waals surface area contributed by atoms with Gasteiger partial charge in [0, 0.05) is 31.0 Å². The Balaban J connectivity index is 1.25. The fourth-order valence-electron chi connectivity index (χ4n) is 3.94. The SMILES string of the molecule is O=c1ccc(C2CC2)nn1CC1CN(c2cc3c(nn2)CCCC3)C1. The van der Waals surface area contributed by atoms with Gasteiger partial charge in [-0.1, -0.05) is 0 Å². The molecule has 3 aliphatic rings. The summed E-state index contributed by atoms with van der Waals surface area (Å²) in [6.07, 6.45) is 7.10. The van der Waals surface area contributed by atoms with Crippen molar-refractivity contribution >= 4 is 5.82 Å². The van der Waals surface area contributed by atoms with Crippen LogP contribution in [0.1, 0.15) is 48.6 Å². The Morgan fingerprint density at radius 3 is 2.76 bits per heavy atom. The van der Waals surface area contributed by atoms with Crippen LogP contribution in [0, 0.1) is 5.92 Å². The highest BCUT2D eigenvalue weighted by molar-refractivity contribution is 5.44. The molecule has 2 aromatic heterocycles. The molecule has 0 spiro atoms. The van der Waals surface area contributed by atoms with Crippen LogP contribution in [0.15, 0.2) is 23.0 Å². The largest absolute Gasteiger partial charge is 0.354 e.